The fourth-order valence-electron chi connectivity index (χ4n) is 1.79. The van der Waals surface area contributed by atoms with Gasteiger partial charge in [-0.3, -0.25) is 0 Å². The normalized spacial score (nSPS) is 10.1. The van der Waals surface area contributed by atoms with E-state index in [0.29, 0.717) is 27.8 Å². The van der Waals surface area contributed by atoms with Crippen molar-refractivity contribution in [3.05, 3.63) is 40.7 Å². The highest BCUT2D eigenvalue weighted by molar-refractivity contribution is 6.33. The summed E-state index contributed by atoms with van der Waals surface area (Å²) >= 11 is 5.99. The van der Waals surface area contributed by atoms with Crippen molar-refractivity contribution in [3.63, 3.8) is 0 Å². The largest absolute Gasteiger partial charge is 0.467 e. The average Bonchev–Trinajstić information content (AvgIpc) is 2.45. The minimum absolute atomic E-state index is 0.266. The number of ether oxygens (including phenoxy) is 1. The molecule has 0 radical (unpaired) electrons. The molecule has 0 saturated carbocycles. The predicted octanol–water partition coefficient (Wildman–Crippen LogP) is 3.40. The fourth-order valence-corrected chi connectivity index (χ4v) is 1.97. The molecule has 0 aliphatic rings. The van der Waals surface area contributed by atoms with Crippen molar-refractivity contribution in [2.75, 3.05) is 17.7 Å². The molecule has 2 amide bonds. The molecule has 110 valence electrons. The van der Waals surface area contributed by atoms with E-state index in [-0.39, 0.29) is 6.01 Å². The molecule has 0 bridgehead atoms. The number of carbonyl (C=O) groups is 1. The Morgan fingerprint density at radius 2 is 1.76 bits per heavy atom. The van der Waals surface area contributed by atoms with E-state index in [1.807, 2.05) is 0 Å². The highest BCUT2D eigenvalue weighted by atomic mass is 35.5. The molecule has 2 rings (SSSR count). The Hall–Kier alpha value is -2.34. The number of aromatic nitrogens is 2. The highest BCUT2D eigenvalue weighted by Gasteiger charge is 2.12. The molecule has 2 N–H and O–H groups in total. The molecule has 1 heterocycles. The Balaban J connectivity index is 2.15. The molecule has 2 aromatic rings. The maximum absolute atomic E-state index is 12.0. The number of nitrogens with zero attached hydrogens (tertiary/aromatic N) is 2. The Morgan fingerprint density at radius 1 is 1.14 bits per heavy atom. The van der Waals surface area contributed by atoms with E-state index in [1.54, 1.807) is 38.1 Å². The maximum atomic E-state index is 12.0. The second-order valence-electron chi connectivity index (χ2n) is 4.32. The summed E-state index contributed by atoms with van der Waals surface area (Å²) in [6.45, 7) is 3.53. The van der Waals surface area contributed by atoms with Gasteiger partial charge in [-0.2, -0.15) is 9.97 Å². The molecule has 1 aromatic heterocycles. The van der Waals surface area contributed by atoms with Crippen LogP contribution in [0.3, 0.4) is 0 Å². The van der Waals surface area contributed by atoms with Crippen LogP contribution in [-0.2, 0) is 0 Å². The van der Waals surface area contributed by atoms with Crippen LogP contribution in [0.15, 0.2) is 24.3 Å². The number of halogens is 1. The third-order valence-electron chi connectivity index (χ3n) is 2.79. The highest BCUT2D eigenvalue weighted by Crippen LogP contribution is 2.22. The van der Waals surface area contributed by atoms with Gasteiger partial charge in [0.25, 0.3) is 0 Å². The molecule has 6 nitrogen and oxygen atoms in total. The van der Waals surface area contributed by atoms with E-state index < -0.39 is 6.03 Å². The van der Waals surface area contributed by atoms with Crippen LogP contribution in [0.2, 0.25) is 5.02 Å². The van der Waals surface area contributed by atoms with Crippen molar-refractivity contribution >= 4 is 29.0 Å². The Labute approximate surface area is 127 Å². The molecular formula is C14H15ClN4O2. The van der Waals surface area contributed by atoms with Crippen LogP contribution in [0.25, 0.3) is 0 Å². The number of aryl methyl sites for hydroxylation is 2. The van der Waals surface area contributed by atoms with Gasteiger partial charge in [-0.15, -0.1) is 0 Å². The Kier molecular flexibility index (Phi) is 4.59. The van der Waals surface area contributed by atoms with Gasteiger partial charge >= 0.3 is 12.0 Å². The molecule has 7 heteroatoms. The number of rotatable bonds is 3. The lowest BCUT2D eigenvalue weighted by molar-refractivity contribution is 0.262. The van der Waals surface area contributed by atoms with Crippen LogP contribution in [0.5, 0.6) is 6.01 Å². The zero-order valence-corrected chi connectivity index (χ0v) is 12.7. The summed E-state index contributed by atoms with van der Waals surface area (Å²) in [5.74, 6) is 0. The van der Waals surface area contributed by atoms with Crippen molar-refractivity contribution in [1.29, 1.82) is 0 Å². The summed E-state index contributed by atoms with van der Waals surface area (Å²) in [4.78, 5) is 20.3. The van der Waals surface area contributed by atoms with Gasteiger partial charge in [0.2, 0.25) is 0 Å². The van der Waals surface area contributed by atoms with Crippen LogP contribution in [-0.4, -0.2) is 23.1 Å². The van der Waals surface area contributed by atoms with Crippen molar-refractivity contribution in [3.8, 4) is 6.01 Å². The summed E-state index contributed by atoms with van der Waals surface area (Å²) in [6, 6.07) is 6.84. The van der Waals surface area contributed by atoms with Crippen LogP contribution < -0.4 is 15.4 Å². The van der Waals surface area contributed by atoms with Crippen molar-refractivity contribution in [1.82, 2.24) is 9.97 Å². The van der Waals surface area contributed by atoms with Gasteiger partial charge in [0.1, 0.15) is 0 Å². The number of carbonyl (C=O) groups excluding carboxylic acids is 1. The smallest absolute Gasteiger partial charge is 0.323 e. The number of urea groups is 1. The predicted molar refractivity (Wildman–Crippen MR) is 82.2 cm³/mol. The van der Waals surface area contributed by atoms with Crippen LogP contribution in [0.4, 0.5) is 16.2 Å². The van der Waals surface area contributed by atoms with Crippen molar-refractivity contribution in [2.45, 2.75) is 13.8 Å². The molecule has 21 heavy (non-hydrogen) atoms. The number of benzene rings is 1. The van der Waals surface area contributed by atoms with Crippen molar-refractivity contribution in [2.24, 2.45) is 0 Å². The van der Waals surface area contributed by atoms with E-state index in [9.17, 15) is 4.79 Å². The van der Waals surface area contributed by atoms with E-state index >= 15 is 0 Å². The number of para-hydroxylation sites is 1. The number of amides is 2. The second kappa shape index (κ2) is 6.41. The first kappa shape index (κ1) is 15.1. The summed E-state index contributed by atoms with van der Waals surface area (Å²) in [7, 11) is 1.49. The first-order valence-corrected chi connectivity index (χ1v) is 6.61. The quantitative estimate of drug-likeness (QED) is 0.911. The third kappa shape index (κ3) is 3.61. The Morgan fingerprint density at radius 3 is 2.33 bits per heavy atom. The average molecular weight is 307 g/mol. The zero-order valence-electron chi connectivity index (χ0n) is 11.9. The maximum Gasteiger partial charge on any atom is 0.323 e. The fraction of sp³-hybridized carbons (Fsp3) is 0.214. The standard InChI is InChI=1S/C14H15ClN4O2/c1-8-12(9(2)17-14(16-8)21-3)19-13(20)18-11-7-5-4-6-10(11)15/h4-7H,1-3H3,(H2,18,19,20). The van der Waals surface area contributed by atoms with Gasteiger partial charge in [-0.05, 0) is 26.0 Å². The lowest BCUT2D eigenvalue weighted by Gasteiger charge is -2.12. The molecule has 0 spiro atoms. The van der Waals surface area contributed by atoms with Gasteiger partial charge in [0, 0.05) is 0 Å². The van der Waals surface area contributed by atoms with E-state index in [1.165, 1.54) is 7.11 Å². The molecule has 0 aliphatic heterocycles. The number of anilines is 2. The first-order valence-electron chi connectivity index (χ1n) is 6.23. The summed E-state index contributed by atoms with van der Waals surface area (Å²) in [5.41, 5.74) is 2.31. The van der Waals surface area contributed by atoms with Gasteiger partial charge in [0.05, 0.1) is 34.9 Å². The number of methoxy groups -OCH3 is 1. The first-order chi connectivity index (χ1) is 10.0. The third-order valence-corrected chi connectivity index (χ3v) is 3.12. The number of hydrogen-bond acceptors (Lipinski definition) is 4. The molecule has 0 atom stereocenters. The molecule has 0 unspecified atom stereocenters. The summed E-state index contributed by atoms with van der Waals surface area (Å²) < 4.78 is 4.98. The second-order valence-corrected chi connectivity index (χ2v) is 4.72. The molecule has 0 aliphatic carbocycles. The zero-order chi connectivity index (χ0) is 15.4. The van der Waals surface area contributed by atoms with Gasteiger partial charge in [-0.25, -0.2) is 4.79 Å². The molecule has 0 saturated heterocycles. The lowest BCUT2D eigenvalue weighted by Crippen LogP contribution is -2.21. The van der Waals surface area contributed by atoms with Gasteiger partial charge in [-0.1, -0.05) is 23.7 Å². The topological polar surface area (TPSA) is 76.1 Å². The van der Waals surface area contributed by atoms with E-state index in [0.717, 1.165) is 0 Å². The monoisotopic (exact) mass is 306 g/mol. The van der Waals surface area contributed by atoms with Crippen LogP contribution in [0, 0.1) is 13.8 Å². The van der Waals surface area contributed by atoms with Crippen LogP contribution in [0.1, 0.15) is 11.4 Å². The van der Waals surface area contributed by atoms with Crippen molar-refractivity contribution < 1.29 is 9.53 Å². The minimum atomic E-state index is -0.414. The number of nitrogens with one attached hydrogen (secondary N) is 2. The minimum Gasteiger partial charge on any atom is -0.467 e. The van der Waals surface area contributed by atoms with E-state index in [2.05, 4.69) is 20.6 Å². The number of hydrogen-bond donors (Lipinski definition) is 2. The van der Waals surface area contributed by atoms with E-state index in [4.69, 9.17) is 16.3 Å². The van der Waals surface area contributed by atoms with Crippen LogP contribution >= 0.6 is 11.6 Å². The molecule has 0 fully saturated rings. The summed E-state index contributed by atoms with van der Waals surface area (Å²) in [6.07, 6.45) is 0. The molecular weight excluding hydrogens is 292 g/mol. The van der Waals surface area contributed by atoms with Gasteiger partial charge < -0.3 is 15.4 Å². The SMILES string of the molecule is COc1nc(C)c(NC(=O)Nc2ccccc2Cl)c(C)n1. The van der Waals surface area contributed by atoms with Gasteiger partial charge in [0.15, 0.2) is 0 Å². The lowest BCUT2D eigenvalue weighted by atomic mass is 10.3. The molecule has 1 aromatic carbocycles. The Bertz CT molecular complexity index is 653. The summed E-state index contributed by atoms with van der Waals surface area (Å²) in [5, 5.41) is 5.85.